The second kappa shape index (κ2) is 9.71. The van der Waals surface area contributed by atoms with Crippen LogP contribution < -0.4 is 20.3 Å². The Labute approximate surface area is 214 Å². The van der Waals surface area contributed by atoms with Gasteiger partial charge in [-0.1, -0.05) is 12.1 Å². The van der Waals surface area contributed by atoms with Crippen molar-refractivity contribution in [2.75, 3.05) is 30.4 Å². The van der Waals surface area contributed by atoms with Gasteiger partial charge in [-0.05, 0) is 105 Å². The summed E-state index contributed by atoms with van der Waals surface area (Å²) in [6.07, 6.45) is 8.37. The molecule has 6 nitrogen and oxygen atoms in total. The zero-order valence-electron chi connectivity index (χ0n) is 21.3. The molecule has 1 saturated heterocycles. The molecule has 192 valence electrons. The second-order valence-electron chi connectivity index (χ2n) is 11.8. The molecule has 2 aromatic rings. The monoisotopic (exact) mass is 489 g/mol. The summed E-state index contributed by atoms with van der Waals surface area (Å²) < 4.78 is 5.18. The van der Waals surface area contributed by atoms with Crippen LogP contribution in [0.5, 0.6) is 5.75 Å². The van der Waals surface area contributed by atoms with Crippen molar-refractivity contribution in [1.82, 2.24) is 5.32 Å². The van der Waals surface area contributed by atoms with E-state index in [0.29, 0.717) is 30.3 Å². The molecule has 4 bridgehead atoms. The van der Waals surface area contributed by atoms with E-state index < -0.39 is 0 Å². The number of carbonyl (C=O) groups is 1. The van der Waals surface area contributed by atoms with Gasteiger partial charge in [0, 0.05) is 36.5 Å². The Kier molecular flexibility index (Phi) is 6.42. The molecule has 0 radical (unpaired) electrons. The minimum Gasteiger partial charge on any atom is -0.497 e. The van der Waals surface area contributed by atoms with Crippen LogP contribution >= 0.6 is 0 Å². The molecule has 1 amide bonds. The van der Waals surface area contributed by atoms with Crippen molar-refractivity contribution in [2.24, 2.45) is 17.8 Å². The van der Waals surface area contributed by atoms with E-state index in [9.17, 15) is 9.90 Å². The first-order chi connectivity index (χ1) is 17.5. The van der Waals surface area contributed by atoms with Gasteiger partial charge >= 0.3 is 0 Å². The highest BCUT2D eigenvalue weighted by Crippen LogP contribution is 2.55. The fraction of sp³-hybridized carbons (Fsp3) is 0.567. The maximum Gasteiger partial charge on any atom is 0.228 e. The lowest BCUT2D eigenvalue weighted by atomic mass is 9.52. The van der Waals surface area contributed by atoms with Crippen LogP contribution in [0.25, 0.3) is 0 Å². The van der Waals surface area contributed by atoms with Crippen LogP contribution in [0.2, 0.25) is 0 Å². The highest BCUT2D eigenvalue weighted by Gasteiger charge is 2.54. The summed E-state index contributed by atoms with van der Waals surface area (Å²) in [5, 5.41) is 17.9. The molecule has 2 atom stereocenters. The van der Waals surface area contributed by atoms with Crippen LogP contribution in [-0.2, 0) is 11.2 Å². The smallest absolute Gasteiger partial charge is 0.228 e. The van der Waals surface area contributed by atoms with Gasteiger partial charge in [-0.15, -0.1) is 0 Å². The van der Waals surface area contributed by atoms with Gasteiger partial charge in [0.25, 0.3) is 0 Å². The average Bonchev–Trinajstić information content (AvgIpc) is 2.86. The average molecular weight is 490 g/mol. The number of amides is 1. The number of hydrogen-bond acceptors (Lipinski definition) is 5. The lowest BCUT2D eigenvalue weighted by Gasteiger charge is -2.59. The summed E-state index contributed by atoms with van der Waals surface area (Å²) in [6, 6.07) is 17.0. The number of benzene rings is 2. The number of ether oxygens (including phenoxy) is 1. The van der Waals surface area contributed by atoms with Crippen LogP contribution in [0.1, 0.15) is 50.5 Å². The van der Waals surface area contributed by atoms with Gasteiger partial charge in [-0.2, -0.15) is 0 Å². The van der Waals surface area contributed by atoms with Gasteiger partial charge in [0.05, 0.1) is 19.1 Å². The number of nitrogens with one attached hydrogen (secondary N) is 2. The summed E-state index contributed by atoms with van der Waals surface area (Å²) in [5.74, 6) is 2.89. The van der Waals surface area contributed by atoms with Crippen molar-refractivity contribution >= 4 is 17.3 Å². The third-order valence-electron chi connectivity index (χ3n) is 9.20. The first-order valence-electron chi connectivity index (χ1n) is 13.7. The maximum absolute atomic E-state index is 12.5. The Bertz CT molecular complexity index is 1050. The number of piperidine rings is 1. The SMILES string of the molecule is COc1ccc(CC(=O)Nc2ccc(N3CCC(NC4C5CC6CC4CC(O)(C6)C5)CC3)cc2)cc1. The number of anilines is 2. The second-order valence-corrected chi connectivity index (χ2v) is 11.8. The Morgan fingerprint density at radius 1 is 1.00 bits per heavy atom. The topological polar surface area (TPSA) is 73.8 Å². The number of methoxy groups -OCH3 is 1. The lowest BCUT2D eigenvalue weighted by Crippen LogP contribution is -2.62. The molecule has 3 N–H and O–H groups in total. The molecular weight excluding hydrogens is 450 g/mol. The first kappa shape index (κ1) is 23.8. The predicted octanol–water partition coefficient (Wildman–Crippen LogP) is 4.37. The van der Waals surface area contributed by atoms with E-state index in [1.807, 2.05) is 36.4 Å². The summed E-state index contributed by atoms with van der Waals surface area (Å²) >= 11 is 0. The summed E-state index contributed by atoms with van der Waals surface area (Å²) in [5.41, 5.74) is 2.67. The molecule has 36 heavy (non-hydrogen) atoms. The van der Waals surface area contributed by atoms with E-state index in [0.717, 1.165) is 68.1 Å². The Hall–Kier alpha value is -2.57. The lowest BCUT2D eigenvalue weighted by molar-refractivity contribution is -0.140. The summed E-state index contributed by atoms with van der Waals surface area (Å²) in [7, 11) is 1.64. The van der Waals surface area contributed by atoms with Crippen LogP contribution in [0.4, 0.5) is 11.4 Å². The Morgan fingerprint density at radius 2 is 1.67 bits per heavy atom. The summed E-state index contributed by atoms with van der Waals surface area (Å²) in [6.45, 7) is 2.10. The molecule has 5 fully saturated rings. The van der Waals surface area contributed by atoms with E-state index in [-0.39, 0.29) is 11.5 Å². The van der Waals surface area contributed by atoms with Crippen molar-refractivity contribution < 1.29 is 14.6 Å². The van der Waals surface area contributed by atoms with Crippen molar-refractivity contribution in [1.29, 1.82) is 0 Å². The predicted molar refractivity (Wildman–Crippen MR) is 142 cm³/mol. The largest absolute Gasteiger partial charge is 0.497 e. The van der Waals surface area contributed by atoms with Gasteiger partial charge in [-0.3, -0.25) is 4.79 Å². The van der Waals surface area contributed by atoms with Gasteiger partial charge in [0.2, 0.25) is 5.91 Å². The van der Waals surface area contributed by atoms with E-state index >= 15 is 0 Å². The molecule has 7 rings (SSSR count). The highest BCUT2D eigenvalue weighted by molar-refractivity contribution is 5.92. The Balaban J connectivity index is 0.977. The van der Waals surface area contributed by atoms with Crippen LogP contribution in [0.15, 0.2) is 48.5 Å². The van der Waals surface area contributed by atoms with E-state index in [1.54, 1.807) is 7.11 Å². The van der Waals surface area contributed by atoms with E-state index in [2.05, 4.69) is 27.7 Å². The van der Waals surface area contributed by atoms with Gasteiger partial charge in [0.1, 0.15) is 5.75 Å². The third kappa shape index (κ3) is 4.98. The molecule has 2 aromatic carbocycles. The zero-order chi connectivity index (χ0) is 24.7. The molecule has 0 spiro atoms. The highest BCUT2D eigenvalue weighted by atomic mass is 16.5. The number of nitrogens with zero attached hydrogens (tertiary/aromatic N) is 1. The molecule has 4 saturated carbocycles. The molecule has 0 aromatic heterocycles. The Morgan fingerprint density at radius 3 is 2.28 bits per heavy atom. The number of carbonyl (C=O) groups excluding carboxylic acids is 1. The normalized spacial score (nSPS) is 31.4. The molecule has 1 aliphatic heterocycles. The number of aliphatic hydroxyl groups is 1. The molecular formula is C30H39N3O3. The van der Waals surface area contributed by atoms with Crippen molar-refractivity contribution in [2.45, 2.75) is 69.1 Å². The molecule has 4 aliphatic carbocycles. The minimum absolute atomic E-state index is 0.0169. The number of hydrogen-bond donors (Lipinski definition) is 3. The zero-order valence-corrected chi connectivity index (χ0v) is 21.3. The number of rotatable bonds is 7. The quantitative estimate of drug-likeness (QED) is 0.539. The van der Waals surface area contributed by atoms with Crippen LogP contribution in [-0.4, -0.2) is 48.9 Å². The maximum atomic E-state index is 12.5. The standard InChI is InChI=1S/C30H39N3O3/c1-36-27-8-2-20(3-9-27)16-28(34)31-24-4-6-26(7-5-24)33-12-10-25(11-13-33)32-29-22-14-21-15-23(29)19-30(35,17-21)18-22/h2-9,21-23,25,29,32,35H,10-19H2,1H3,(H,31,34). The fourth-order valence-corrected chi connectivity index (χ4v) is 7.72. The van der Waals surface area contributed by atoms with E-state index in [1.165, 1.54) is 18.5 Å². The molecule has 5 aliphatic rings. The van der Waals surface area contributed by atoms with Crippen molar-refractivity contribution in [3.63, 3.8) is 0 Å². The van der Waals surface area contributed by atoms with Crippen LogP contribution in [0, 0.1) is 17.8 Å². The molecule has 1 heterocycles. The van der Waals surface area contributed by atoms with Crippen LogP contribution in [0.3, 0.4) is 0 Å². The van der Waals surface area contributed by atoms with Crippen molar-refractivity contribution in [3.8, 4) is 5.75 Å². The third-order valence-corrected chi connectivity index (χ3v) is 9.20. The van der Waals surface area contributed by atoms with Gasteiger partial charge in [0.15, 0.2) is 0 Å². The minimum atomic E-state index is -0.348. The fourth-order valence-electron chi connectivity index (χ4n) is 7.72. The van der Waals surface area contributed by atoms with Crippen molar-refractivity contribution in [3.05, 3.63) is 54.1 Å². The van der Waals surface area contributed by atoms with Gasteiger partial charge < -0.3 is 25.4 Å². The van der Waals surface area contributed by atoms with E-state index in [4.69, 9.17) is 4.74 Å². The first-order valence-corrected chi connectivity index (χ1v) is 13.7. The summed E-state index contributed by atoms with van der Waals surface area (Å²) in [4.78, 5) is 14.9. The molecule has 6 heteroatoms. The van der Waals surface area contributed by atoms with Gasteiger partial charge in [-0.25, -0.2) is 0 Å². The molecule has 2 unspecified atom stereocenters.